The van der Waals surface area contributed by atoms with Crippen molar-refractivity contribution < 1.29 is 9.53 Å². The van der Waals surface area contributed by atoms with Gasteiger partial charge in [-0.15, -0.1) is 0 Å². The van der Waals surface area contributed by atoms with Crippen LogP contribution in [0.2, 0.25) is 0 Å². The molecule has 8 heteroatoms. The molecule has 0 aliphatic heterocycles. The molecule has 22 heavy (non-hydrogen) atoms. The van der Waals surface area contributed by atoms with Crippen molar-refractivity contribution in [3.05, 3.63) is 54.4 Å². The van der Waals surface area contributed by atoms with Crippen molar-refractivity contribution in [2.75, 3.05) is 5.32 Å². The first-order valence-corrected chi connectivity index (χ1v) is 7.23. The summed E-state index contributed by atoms with van der Waals surface area (Å²) in [5, 5.41) is 2.74. The Hall–Kier alpha value is -2.74. The van der Waals surface area contributed by atoms with Gasteiger partial charge in [0.15, 0.2) is 5.69 Å². The van der Waals surface area contributed by atoms with E-state index in [0.717, 1.165) is 17.6 Å². The van der Waals surface area contributed by atoms with E-state index in [2.05, 4.69) is 19.0 Å². The third-order valence-corrected chi connectivity index (χ3v) is 3.47. The minimum atomic E-state index is -0.282. The molecule has 3 rings (SSSR count). The second kappa shape index (κ2) is 6.35. The van der Waals surface area contributed by atoms with E-state index < -0.39 is 0 Å². The van der Waals surface area contributed by atoms with E-state index in [0.29, 0.717) is 23.7 Å². The normalized spacial score (nSPS) is 10.4. The number of aryl methyl sites for hydroxylation is 1. The first kappa shape index (κ1) is 14.2. The predicted octanol–water partition coefficient (Wildman–Crippen LogP) is 2.10. The molecule has 2 heterocycles. The molecule has 0 spiro atoms. The third kappa shape index (κ3) is 3.29. The second-order valence-electron chi connectivity index (χ2n) is 4.51. The van der Waals surface area contributed by atoms with Gasteiger partial charge in [-0.3, -0.25) is 4.79 Å². The van der Waals surface area contributed by atoms with Gasteiger partial charge in [-0.1, -0.05) is 0 Å². The minimum absolute atomic E-state index is 0.282. The number of nitrogens with zero attached hydrogens (tertiary/aromatic N) is 4. The van der Waals surface area contributed by atoms with Gasteiger partial charge in [-0.05, 0) is 24.3 Å². The Labute approximate surface area is 130 Å². The number of ether oxygens (including phenoxy) is 1. The van der Waals surface area contributed by atoms with Crippen molar-refractivity contribution in [2.24, 2.45) is 7.05 Å². The molecule has 0 aliphatic carbocycles. The number of hydrogen-bond donors (Lipinski definition) is 1. The average Bonchev–Trinajstić information content (AvgIpc) is 3.18. The van der Waals surface area contributed by atoms with Crippen molar-refractivity contribution in [1.29, 1.82) is 0 Å². The highest BCUT2D eigenvalue weighted by molar-refractivity contribution is 6.99. The lowest BCUT2D eigenvalue weighted by atomic mass is 10.3. The maximum Gasteiger partial charge on any atom is 0.277 e. The summed E-state index contributed by atoms with van der Waals surface area (Å²) in [5.41, 5.74) is 0.974. The largest absolute Gasteiger partial charge is 0.486 e. The molecular formula is C14H13N5O2S. The lowest BCUT2D eigenvalue weighted by Gasteiger charge is -2.07. The summed E-state index contributed by atoms with van der Waals surface area (Å²) in [6.45, 7) is 0.389. The van der Waals surface area contributed by atoms with Crippen LogP contribution in [-0.4, -0.2) is 24.2 Å². The molecule has 0 unspecified atom stereocenters. The SMILES string of the molecule is Cn1ccnc1COc1ccc(NC(=O)c2cnsn2)cc1. The number of imidazole rings is 1. The highest BCUT2D eigenvalue weighted by Gasteiger charge is 2.09. The van der Waals surface area contributed by atoms with E-state index in [-0.39, 0.29) is 5.91 Å². The fourth-order valence-corrected chi connectivity index (χ4v) is 2.19. The Morgan fingerprint density at radius 2 is 2.18 bits per heavy atom. The number of benzene rings is 1. The van der Waals surface area contributed by atoms with Crippen LogP contribution in [0, 0.1) is 0 Å². The lowest BCUT2D eigenvalue weighted by molar-refractivity contribution is 0.102. The van der Waals surface area contributed by atoms with Crippen molar-refractivity contribution in [3.8, 4) is 5.75 Å². The van der Waals surface area contributed by atoms with Gasteiger partial charge in [-0.2, -0.15) is 8.75 Å². The van der Waals surface area contributed by atoms with Crippen LogP contribution in [-0.2, 0) is 13.7 Å². The molecule has 112 valence electrons. The van der Waals surface area contributed by atoms with Crippen LogP contribution >= 0.6 is 11.7 Å². The standard InChI is InChI=1S/C14H13N5O2S/c1-19-7-6-15-13(19)9-21-11-4-2-10(3-5-11)17-14(20)12-8-16-22-18-12/h2-8H,9H2,1H3,(H,17,20). The minimum Gasteiger partial charge on any atom is -0.486 e. The molecule has 7 nitrogen and oxygen atoms in total. The van der Waals surface area contributed by atoms with E-state index >= 15 is 0 Å². The number of nitrogens with one attached hydrogen (secondary N) is 1. The van der Waals surface area contributed by atoms with E-state index in [1.165, 1.54) is 6.20 Å². The molecule has 0 radical (unpaired) electrons. The molecular weight excluding hydrogens is 302 g/mol. The smallest absolute Gasteiger partial charge is 0.277 e. The van der Waals surface area contributed by atoms with Gasteiger partial charge in [0.25, 0.3) is 5.91 Å². The summed E-state index contributed by atoms with van der Waals surface area (Å²) < 4.78 is 15.2. The molecule has 1 amide bonds. The molecule has 0 fully saturated rings. The second-order valence-corrected chi connectivity index (χ2v) is 5.07. The summed E-state index contributed by atoms with van der Waals surface area (Å²) in [6, 6.07) is 7.12. The fourth-order valence-electron chi connectivity index (χ4n) is 1.78. The third-order valence-electron chi connectivity index (χ3n) is 3.00. The molecule has 1 N–H and O–H groups in total. The van der Waals surface area contributed by atoms with E-state index in [1.54, 1.807) is 30.5 Å². The molecule has 3 aromatic rings. The first-order chi connectivity index (χ1) is 10.7. The molecule has 0 saturated carbocycles. The Bertz CT molecular complexity index is 752. The summed E-state index contributed by atoms with van der Waals surface area (Å²) in [4.78, 5) is 16.0. The number of rotatable bonds is 5. The summed E-state index contributed by atoms with van der Waals surface area (Å²) in [6.07, 6.45) is 5.03. The number of aromatic nitrogens is 4. The van der Waals surface area contributed by atoms with Crippen LogP contribution in [0.25, 0.3) is 0 Å². The van der Waals surface area contributed by atoms with Crippen molar-refractivity contribution in [1.82, 2.24) is 18.3 Å². The van der Waals surface area contributed by atoms with E-state index in [4.69, 9.17) is 4.74 Å². The maximum atomic E-state index is 11.8. The number of carbonyl (C=O) groups is 1. The topological polar surface area (TPSA) is 81.9 Å². The highest BCUT2D eigenvalue weighted by atomic mass is 32.1. The zero-order valence-electron chi connectivity index (χ0n) is 11.8. The molecule has 1 aromatic carbocycles. The maximum absolute atomic E-state index is 11.8. The Morgan fingerprint density at radius 3 is 2.82 bits per heavy atom. The molecule has 0 bridgehead atoms. The van der Waals surface area contributed by atoms with Crippen LogP contribution in [0.3, 0.4) is 0 Å². The van der Waals surface area contributed by atoms with E-state index in [9.17, 15) is 4.79 Å². The summed E-state index contributed by atoms with van der Waals surface area (Å²) in [7, 11) is 1.91. The van der Waals surface area contributed by atoms with Crippen LogP contribution in [0.5, 0.6) is 5.75 Å². The molecule has 2 aromatic heterocycles. The van der Waals surface area contributed by atoms with Gasteiger partial charge in [0.1, 0.15) is 18.2 Å². The molecule has 0 saturated heterocycles. The summed E-state index contributed by atoms with van der Waals surface area (Å²) >= 11 is 0.999. The van der Waals surface area contributed by atoms with Crippen LogP contribution in [0.1, 0.15) is 16.3 Å². The number of hydrogen-bond acceptors (Lipinski definition) is 6. The first-order valence-electron chi connectivity index (χ1n) is 6.50. The Kier molecular flexibility index (Phi) is 4.10. The van der Waals surface area contributed by atoms with Gasteiger partial charge < -0.3 is 14.6 Å². The Balaban J connectivity index is 1.58. The van der Waals surface area contributed by atoms with Crippen LogP contribution in [0.15, 0.2) is 42.9 Å². The van der Waals surface area contributed by atoms with Gasteiger partial charge >= 0.3 is 0 Å². The van der Waals surface area contributed by atoms with Gasteiger partial charge in [0, 0.05) is 25.1 Å². The van der Waals surface area contributed by atoms with Crippen LogP contribution in [0.4, 0.5) is 5.69 Å². The molecule has 0 aliphatic rings. The number of anilines is 1. The predicted molar refractivity (Wildman–Crippen MR) is 81.8 cm³/mol. The van der Waals surface area contributed by atoms with Crippen molar-refractivity contribution >= 4 is 23.3 Å². The number of amides is 1. The van der Waals surface area contributed by atoms with Gasteiger partial charge in [0.05, 0.1) is 17.9 Å². The quantitative estimate of drug-likeness (QED) is 0.779. The zero-order valence-corrected chi connectivity index (χ0v) is 12.6. The van der Waals surface area contributed by atoms with Gasteiger partial charge in [0.2, 0.25) is 0 Å². The van der Waals surface area contributed by atoms with Crippen LogP contribution < -0.4 is 10.1 Å². The van der Waals surface area contributed by atoms with Crippen molar-refractivity contribution in [2.45, 2.75) is 6.61 Å². The highest BCUT2D eigenvalue weighted by Crippen LogP contribution is 2.17. The fraction of sp³-hybridized carbons (Fsp3) is 0.143. The zero-order chi connectivity index (χ0) is 15.4. The molecule has 0 atom stereocenters. The van der Waals surface area contributed by atoms with E-state index in [1.807, 2.05) is 17.8 Å². The van der Waals surface area contributed by atoms with Crippen molar-refractivity contribution in [3.63, 3.8) is 0 Å². The lowest BCUT2D eigenvalue weighted by Crippen LogP contribution is -2.12. The Morgan fingerprint density at radius 1 is 1.36 bits per heavy atom. The number of carbonyl (C=O) groups excluding carboxylic acids is 1. The van der Waals surface area contributed by atoms with Gasteiger partial charge in [-0.25, -0.2) is 4.98 Å². The average molecular weight is 315 g/mol. The summed E-state index contributed by atoms with van der Waals surface area (Å²) in [5.74, 6) is 1.26. The monoisotopic (exact) mass is 315 g/mol.